The first-order chi connectivity index (χ1) is 7.16. The van der Waals surface area contributed by atoms with Crippen molar-refractivity contribution < 1.29 is 8.78 Å². The third-order valence-corrected chi connectivity index (χ3v) is 3.38. The first kappa shape index (κ1) is 10.5. The molecule has 0 atom stereocenters. The summed E-state index contributed by atoms with van der Waals surface area (Å²) in [6.07, 6.45) is 7.45. The van der Waals surface area contributed by atoms with Crippen molar-refractivity contribution in [3.63, 3.8) is 0 Å². The maximum absolute atomic E-state index is 12.1. The Morgan fingerprint density at radius 1 is 1.27 bits per heavy atom. The summed E-state index contributed by atoms with van der Waals surface area (Å²) in [5.41, 5.74) is 0.970. The molecule has 78 valence electrons. The molecule has 1 fully saturated rings. The molecular weight excluding hydrogens is 214 g/mol. The van der Waals surface area contributed by atoms with Crippen LogP contribution in [0.4, 0.5) is 8.78 Å². The SMILES string of the molecule is C#CC1(c2ccc(SC(F)F)cc2)CC1. The molecule has 1 aromatic rings. The highest BCUT2D eigenvalue weighted by Crippen LogP contribution is 2.47. The van der Waals surface area contributed by atoms with Crippen molar-refractivity contribution in [3.8, 4) is 12.3 Å². The number of terminal acetylenes is 1. The van der Waals surface area contributed by atoms with E-state index in [1.54, 1.807) is 12.1 Å². The summed E-state index contributed by atoms with van der Waals surface area (Å²) in [7, 11) is 0. The van der Waals surface area contributed by atoms with Gasteiger partial charge >= 0.3 is 0 Å². The molecule has 15 heavy (non-hydrogen) atoms. The summed E-state index contributed by atoms with van der Waals surface area (Å²) >= 11 is 0.561. The predicted molar refractivity (Wildman–Crippen MR) is 58.0 cm³/mol. The summed E-state index contributed by atoms with van der Waals surface area (Å²) in [6.45, 7) is 0. The van der Waals surface area contributed by atoms with Crippen molar-refractivity contribution in [1.29, 1.82) is 0 Å². The zero-order valence-corrected chi connectivity index (χ0v) is 8.86. The Kier molecular flexibility index (Phi) is 2.70. The number of hydrogen-bond donors (Lipinski definition) is 0. The topological polar surface area (TPSA) is 0 Å². The lowest BCUT2D eigenvalue weighted by Crippen LogP contribution is -2.01. The molecule has 0 radical (unpaired) electrons. The van der Waals surface area contributed by atoms with Crippen molar-refractivity contribution in [1.82, 2.24) is 0 Å². The average Bonchev–Trinajstić information content (AvgIpc) is 2.99. The number of hydrogen-bond acceptors (Lipinski definition) is 1. The van der Waals surface area contributed by atoms with Gasteiger partial charge in [-0.25, -0.2) is 0 Å². The maximum Gasteiger partial charge on any atom is 0.288 e. The number of thioether (sulfide) groups is 1. The molecule has 1 aromatic carbocycles. The summed E-state index contributed by atoms with van der Waals surface area (Å²) in [4.78, 5) is 0.585. The minimum Gasteiger partial charge on any atom is -0.198 e. The molecule has 0 aromatic heterocycles. The molecule has 1 aliphatic rings. The van der Waals surface area contributed by atoms with Crippen LogP contribution < -0.4 is 0 Å². The highest BCUT2D eigenvalue weighted by Gasteiger charge is 2.42. The third-order valence-electron chi connectivity index (χ3n) is 2.66. The number of rotatable bonds is 3. The van der Waals surface area contributed by atoms with Gasteiger partial charge in [0.25, 0.3) is 5.76 Å². The molecular formula is C12H10F2S. The largest absolute Gasteiger partial charge is 0.288 e. The quantitative estimate of drug-likeness (QED) is 0.557. The van der Waals surface area contributed by atoms with Crippen LogP contribution in [-0.4, -0.2) is 5.76 Å². The number of benzene rings is 1. The molecule has 2 rings (SSSR count). The van der Waals surface area contributed by atoms with Gasteiger partial charge in [0.15, 0.2) is 0 Å². The van der Waals surface area contributed by atoms with Crippen molar-refractivity contribution in [3.05, 3.63) is 29.8 Å². The molecule has 0 N–H and O–H groups in total. The van der Waals surface area contributed by atoms with Gasteiger partial charge in [0.2, 0.25) is 0 Å². The number of alkyl halides is 2. The van der Waals surface area contributed by atoms with Crippen molar-refractivity contribution in [2.75, 3.05) is 0 Å². The van der Waals surface area contributed by atoms with Crippen LogP contribution >= 0.6 is 11.8 Å². The second-order valence-electron chi connectivity index (χ2n) is 3.63. The average molecular weight is 224 g/mol. The fourth-order valence-corrected chi connectivity index (χ4v) is 2.10. The van der Waals surface area contributed by atoms with E-state index < -0.39 is 5.76 Å². The van der Waals surface area contributed by atoms with E-state index >= 15 is 0 Å². The molecule has 1 saturated carbocycles. The molecule has 0 amide bonds. The highest BCUT2D eigenvalue weighted by molar-refractivity contribution is 7.99. The van der Waals surface area contributed by atoms with Gasteiger partial charge in [0.1, 0.15) is 0 Å². The van der Waals surface area contributed by atoms with Crippen LogP contribution in [0.5, 0.6) is 0 Å². The van der Waals surface area contributed by atoms with E-state index in [4.69, 9.17) is 6.42 Å². The van der Waals surface area contributed by atoms with Crippen LogP contribution in [0.15, 0.2) is 29.2 Å². The summed E-state index contributed by atoms with van der Waals surface area (Å²) in [6, 6.07) is 7.14. The smallest absolute Gasteiger partial charge is 0.198 e. The highest BCUT2D eigenvalue weighted by atomic mass is 32.2. The van der Waals surface area contributed by atoms with Gasteiger partial charge in [-0.2, -0.15) is 8.78 Å². The Morgan fingerprint density at radius 2 is 1.87 bits per heavy atom. The van der Waals surface area contributed by atoms with Gasteiger partial charge in [-0.3, -0.25) is 0 Å². The Morgan fingerprint density at radius 3 is 2.27 bits per heavy atom. The van der Waals surface area contributed by atoms with E-state index in [0.29, 0.717) is 16.7 Å². The Hall–Kier alpha value is -1.01. The van der Waals surface area contributed by atoms with Crippen LogP contribution in [0.2, 0.25) is 0 Å². The summed E-state index contributed by atoms with van der Waals surface area (Å²) in [5.74, 6) is 0.411. The second-order valence-corrected chi connectivity index (χ2v) is 4.69. The van der Waals surface area contributed by atoms with Gasteiger partial charge in [-0.1, -0.05) is 29.8 Å². The standard InChI is InChI=1S/C12H10F2S/c1-2-12(7-8-12)9-3-5-10(6-4-9)15-11(13)14/h1,3-6,11H,7-8H2. The predicted octanol–water partition coefficient (Wildman–Crippen LogP) is 3.67. The Balaban J connectivity index is 2.15. The van der Waals surface area contributed by atoms with Gasteiger partial charge in [0, 0.05) is 4.90 Å². The molecule has 1 aliphatic carbocycles. The Labute approximate surface area is 92.1 Å². The molecule has 0 bridgehead atoms. The van der Waals surface area contributed by atoms with Crippen molar-refractivity contribution in [2.24, 2.45) is 0 Å². The van der Waals surface area contributed by atoms with Crippen LogP contribution in [-0.2, 0) is 5.41 Å². The van der Waals surface area contributed by atoms with Crippen LogP contribution in [0.3, 0.4) is 0 Å². The number of halogens is 2. The van der Waals surface area contributed by atoms with E-state index in [0.717, 1.165) is 18.4 Å². The minimum atomic E-state index is -2.36. The lowest BCUT2D eigenvalue weighted by molar-refractivity contribution is 0.252. The zero-order valence-electron chi connectivity index (χ0n) is 8.04. The molecule has 0 nitrogen and oxygen atoms in total. The van der Waals surface area contributed by atoms with Gasteiger partial charge in [-0.15, -0.1) is 6.42 Å². The first-order valence-electron chi connectivity index (χ1n) is 4.69. The maximum atomic E-state index is 12.1. The normalized spacial score (nSPS) is 17.5. The summed E-state index contributed by atoms with van der Waals surface area (Å²) < 4.78 is 24.1. The molecule has 0 unspecified atom stereocenters. The van der Waals surface area contributed by atoms with Gasteiger partial charge in [-0.05, 0) is 30.5 Å². The molecule has 0 aliphatic heterocycles. The third kappa shape index (κ3) is 2.15. The Bertz CT molecular complexity index is 385. The van der Waals surface area contributed by atoms with E-state index in [-0.39, 0.29) is 5.41 Å². The molecule has 0 spiro atoms. The van der Waals surface area contributed by atoms with Crippen LogP contribution in [0, 0.1) is 12.3 Å². The molecule has 0 saturated heterocycles. The van der Waals surface area contributed by atoms with Gasteiger partial charge < -0.3 is 0 Å². The lowest BCUT2D eigenvalue weighted by atomic mass is 9.97. The second kappa shape index (κ2) is 3.86. The van der Waals surface area contributed by atoms with Crippen LogP contribution in [0.25, 0.3) is 0 Å². The van der Waals surface area contributed by atoms with E-state index in [9.17, 15) is 8.78 Å². The van der Waals surface area contributed by atoms with E-state index in [1.807, 2.05) is 12.1 Å². The van der Waals surface area contributed by atoms with Crippen molar-refractivity contribution in [2.45, 2.75) is 28.9 Å². The van der Waals surface area contributed by atoms with Crippen LogP contribution in [0.1, 0.15) is 18.4 Å². The monoisotopic (exact) mass is 224 g/mol. The first-order valence-corrected chi connectivity index (χ1v) is 5.57. The molecule has 0 heterocycles. The zero-order chi connectivity index (χ0) is 10.9. The van der Waals surface area contributed by atoms with E-state index in [2.05, 4.69) is 5.92 Å². The van der Waals surface area contributed by atoms with E-state index in [1.165, 1.54) is 0 Å². The fraction of sp³-hybridized carbons (Fsp3) is 0.333. The fourth-order valence-electron chi connectivity index (χ4n) is 1.60. The van der Waals surface area contributed by atoms with Crippen molar-refractivity contribution >= 4 is 11.8 Å². The summed E-state index contributed by atoms with van der Waals surface area (Å²) in [5, 5.41) is 0. The minimum absolute atomic E-state index is 0.103. The molecule has 3 heteroatoms. The van der Waals surface area contributed by atoms with Gasteiger partial charge in [0.05, 0.1) is 5.41 Å². The lowest BCUT2D eigenvalue weighted by Gasteiger charge is -2.08.